The lowest BCUT2D eigenvalue weighted by molar-refractivity contribution is 0.432. The largest absolute Gasteiger partial charge is 0.334 e. The first kappa shape index (κ1) is 16.4. The number of para-hydroxylation sites is 1. The predicted molar refractivity (Wildman–Crippen MR) is 111 cm³/mol. The molecule has 0 radical (unpaired) electrons. The third kappa shape index (κ3) is 2.95. The lowest BCUT2D eigenvalue weighted by Gasteiger charge is -2.07. The van der Waals surface area contributed by atoms with E-state index in [1.165, 1.54) is 0 Å². The second-order valence-corrected chi connectivity index (χ2v) is 6.73. The topological polar surface area (TPSA) is 51.8 Å². The van der Waals surface area contributed by atoms with Gasteiger partial charge in [0.05, 0.1) is 16.8 Å². The molecule has 134 valence electrons. The minimum Gasteiger partial charge on any atom is -0.334 e. The van der Waals surface area contributed by atoms with Crippen LogP contribution in [0.3, 0.4) is 0 Å². The summed E-state index contributed by atoms with van der Waals surface area (Å²) in [5.41, 5.74) is 5.81. The maximum atomic E-state index is 5.66. The zero-order chi connectivity index (χ0) is 18.9. The SMILES string of the molecule is Cc1cccc(-c2noc(-c3cc(-c4ccccc4)nc4ccccc34)n2)c1. The van der Waals surface area contributed by atoms with E-state index in [1.54, 1.807) is 0 Å². The van der Waals surface area contributed by atoms with Crippen molar-refractivity contribution in [2.24, 2.45) is 0 Å². The highest BCUT2D eigenvalue weighted by atomic mass is 16.5. The van der Waals surface area contributed by atoms with Gasteiger partial charge in [-0.05, 0) is 25.1 Å². The molecule has 0 saturated carbocycles. The molecule has 2 heterocycles. The minimum atomic E-state index is 0.493. The molecule has 3 aromatic carbocycles. The Kier molecular flexibility index (Phi) is 3.95. The highest BCUT2D eigenvalue weighted by Gasteiger charge is 2.16. The second kappa shape index (κ2) is 6.74. The number of benzene rings is 3. The van der Waals surface area contributed by atoms with E-state index >= 15 is 0 Å². The summed E-state index contributed by atoms with van der Waals surface area (Å²) in [6, 6.07) is 28.2. The third-order valence-corrected chi connectivity index (χ3v) is 4.72. The van der Waals surface area contributed by atoms with Crippen LogP contribution in [0.15, 0.2) is 89.5 Å². The summed E-state index contributed by atoms with van der Waals surface area (Å²) in [5, 5.41) is 5.19. The van der Waals surface area contributed by atoms with Gasteiger partial charge in [0.1, 0.15) is 0 Å². The average molecular weight is 363 g/mol. The fraction of sp³-hybridized carbons (Fsp3) is 0.0417. The number of hydrogen-bond donors (Lipinski definition) is 0. The predicted octanol–water partition coefficient (Wildman–Crippen LogP) is 5.93. The Morgan fingerprint density at radius 2 is 1.50 bits per heavy atom. The van der Waals surface area contributed by atoms with Crippen molar-refractivity contribution < 1.29 is 4.52 Å². The van der Waals surface area contributed by atoms with Gasteiger partial charge in [-0.2, -0.15) is 4.98 Å². The van der Waals surface area contributed by atoms with E-state index in [1.807, 2.05) is 85.8 Å². The number of nitrogens with zero attached hydrogens (tertiary/aromatic N) is 3. The highest BCUT2D eigenvalue weighted by molar-refractivity contribution is 5.94. The average Bonchev–Trinajstić information content (AvgIpc) is 3.24. The van der Waals surface area contributed by atoms with E-state index in [0.29, 0.717) is 11.7 Å². The molecule has 0 fully saturated rings. The number of aromatic nitrogens is 3. The molecule has 0 aliphatic carbocycles. The molecule has 0 aliphatic heterocycles. The maximum Gasteiger partial charge on any atom is 0.259 e. The molecular formula is C24H17N3O. The quantitative estimate of drug-likeness (QED) is 0.399. The van der Waals surface area contributed by atoms with Crippen molar-refractivity contribution in [1.29, 1.82) is 0 Å². The van der Waals surface area contributed by atoms with E-state index in [9.17, 15) is 0 Å². The van der Waals surface area contributed by atoms with Crippen LogP contribution in [0.1, 0.15) is 5.56 Å². The molecule has 5 aromatic rings. The third-order valence-electron chi connectivity index (χ3n) is 4.72. The fourth-order valence-corrected chi connectivity index (χ4v) is 3.34. The normalized spacial score (nSPS) is 11.0. The van der Waals surface area contributed by atoms with Crippen LogP contribution < -0.4 is 0 Å². The zero-order valence-corrected chi connectivity index (χ0v) is 15.3. The Labute approximate surface area is 162 Å². The standard InChI is InChI=1S/C24H17N3O/c1-16-8-7-11-18(14-16)23-26-24(28-27-23)20-15-22(17-9-3-2-4-10-17)25-21-13-6-5-12-19(20)21/h2-15H,1H3. The summed E-state index contributed by atoms with van der Waals surface area (Å²) in [7, 11) is 0. The van der Waals surface area contributed by atoms with Gasteiger partial charge in [0.15, 0.2) is 0 Å². The van der Waals surface area contributed by atoms with Crippen LogP contribution in [0.2, 0.25) is 0 Å². The van der Waals surface area contributed by atoms with Gasteiger partial charge in [-0.1, -0.05) is 77.5 Å². The van der Waals surface area contributed by atoms with Gasteiger partial charge < -0.3 is 4.52 Å². The van der Waals surface area contributed by atoms with Crippen molar-refractivity contribution in [3.63, 3.8) is 0 Å². The number of rotatable bonds is 3. The van der Waals surface area contributed by atoms with Crippen LogP contribution in [0, 0.1) is 6.92 Å². The molecule has 4 nitrogen and oxygen atoms in total. The van der Waals surface area contributed by atoms with Gasteiger partial charge in [0, 0.05) is 16.5 Å². The monoisotopic (exact) mass is 363 g/mol. The van der Waals surface area contributed by atoms with E-state index in [-0.39, 0.29) is 0 Å². The molecule has 2 aromatic heterocycles. The molecule has 0 saturated heterocycles. The number of aryl methyl sites for hydroxylation is 1. The first-order valence-electron chi connectivity index (χ1n) is 9.14. The minimum absolute atomic E-state index is 0.493. The van der Waals surface area contributed by atoms with Crippen LogP contribution in [0.4, 0.5) is 0 Å². The van der Waals surface area contributed by atoms with Gasteiger partial charge in [-0.15, -0.1) is 0 Å². The summed E-state index contributed by atoms with van der Waals surface area (Å²) >= 11 is 0. The van der Waals surface area contributed by atoms with E-state index in [0.717, 1.165) is 38.9 Å². The van der Waals surface area contributed by atoms with Crippen molar-refractivity contribution in [1.82, 2.24) is 15.1 Å². The van der Waals surface area contributed by atoms with Crippen molar-refractivity contribution in [3.8, 4) is 34.1 Å². The molecule has 4 heteroatoms. The molecule has 0 unspecified atom stereocenters. The molecule has 5 rings (SSSR count). The van der Waals surface area contributed by atoms with Gasteiger partial charge in [-0.3, -0.25) is 0 Å². The Hall–Kier alpha value is -3.79. The summed E-state index contributed by atoms with van der Waals surface area (Å²) in [4.78, 5) is 9.49. The Morgan fingerprint density at radius 3 is 2.36 bits per heavy atom. The molecule has 0 bridgehead atoms. The smallest absolute Gasteiger partial charge is 0.259 e. The molecular weight excluding hydrogens is 346 g/mol. The van der Waals surface area contributed by atoms with Gasteiger partial charge in [0.2, 0.25) is 5.82 Å². The van der Waals surface area contributed by atoms with Crippen LogP contribution in [0.5, 0.6) is 0 Å². The Morgan fingerprint density at radius 1 is 0.714 bits per heavy atom. The first-order chi connectivity index (χ1) is 13.8. The van der Waals surface area contributed by atoms with Crippen molar-refractivity contribution in [3.05, 3.63) is 90.5 Å². The summed E-state index contributed by atoms with van der Waals surface area (Å²) in [6.45, 7) is 2.05. The molecule has 28 heavy (non-hydrogen) atoms. The van der Waals surface area contributed by atoms with Crippen molar-refractivity contribution in [2.45, 2.75) is 6.92 Å². The van der Waals surface area contributed by atoms with Gasteiger partial charge >= 0.3 is 0 Å². The Bertz CT molecular complexity index is 1280. The van der Waals surface area contributed by atoms with E-state index < -0.39 is 0 Å². The molecule has 0 aliphatic rings. The zero-order valence-electron chi connectivity index (χ0n) is 15.3. The van der Waals surface area contributed by atoms with Crippen molar-refractivity contribution in [2.75, 3.05) is 0 Å². The van der Waals surface area contributed by atoms with Gasteiger partial charge in [-0.25, -0.2) is 4.98 Å². The number of pyridine rings is 1. The van der Waals surface area contributed by atoms with Gasteiger partial charge in [0.25, 0.3) is 5.89 Å². The summed E-state index contributed by atoms with van der Waals surface area (Å²) in [5.74, 6) is 1.08. The Balaban J connectivity index is 1.68. The van der Waals surface area contributed by atoms with Crippen LogP contribution in [0.25, 0.3) is 45.0 Å². The second-order valence-electron chi connectivity index (χ2n) is 6.73. The highest BCUT2D eigenvalue weighted by Crippen LogP contribution is 2.32. The van der Waals surface area contributed by atoms with Crippen LogP contribution in [-0.2, 0) is 0 Å². The lowest BCUT2D eigenvalue weighted by atomic mass is 10.0. The van der Waals surface area contributed by atoms with E-state index in [2.05, 4.69) is 16.2 Å². The summed E-state index contributed by atoms with van der Waals surface area (Å²) < 4.78 is 5.66. The van der Waals surface area contributed by atoms with Crippen LogP contribution in [-0.4, -0.2) is 15.1 Å². The van der Waals surface area contributed by atoms with Crippen LogP contribution >= 0.6 is 0 Å². The lowest BCUT2D eigenvalue weighted by Crippen LogP contribution is -1.90. The number of fused-ring (bicyclic) bond motifs is 1. The maximum absolute atomic E-state index is 5.66. The fourth-order valence-electron chi connectivity index (χ4n) is 3.34. The molecule has 0 amide bonds. The summed E-state index contributed by atoms with van der Waals surface area (Å²) in [6.07, 6.45) is 0. The molecule has 0 spiro atoms. The number of hydrogen-bond acceptors (Lipinski definition) is 4. The molecule has 0 atom stereocenters. The molecule has 0 N–H and O–H groups in total. The first-order valence-corrected chi connectivity index (χ1v) is 9.14. The van der Waals surface area contributed by atoms with E-state index in [4.69, 9.17) is 9.51 Å². The van der Waals surface area contributed by atoms with Crippen molar-refractivity contribution >= 4 is 10.9 Å².